The van der Waals surface area contributed by atoms with Crippen molar-refractivity contribution < 1.29 is 72.5 Å². The Bertz CT molecular complexity index is 3150. The Balaban J connectivity index is 1.26. The maximum atomic E-state index is 14.9. The van der Waals surface area contributed by atoms with Gasteiger partial charge in [0.2, 0.25) is 70.9 Å². The number of fused-ring (bicyclic) bond motifs is 4. The summed E-state index contributed by atoms with van der Waals surface area (Å²) >= 11 is 4.15. The topological polar surface area (TPSA) is 458 Å². The van der Waals surface area contributed by atoms with Crippen molar-refractivity contribution in [2.24, 2.45) is 22.9 Å². The lowest BCUT2D eigenvalue weighted by Crippen LogP contribution is -2.61. The molecule has 6 rings (SSSR count). The zero-order chi connectivity index (χ0) is 73.5. The number of aliphatic hydroxyl groups is 1. The van der Waals surface area contributed by atoms with E-state index in [-0.39, 0.29) is 100 Å². The average Bonchev–Trinajstić information content (AvgIpc) is 1.72. The van der Waals surface area contributed by atoms with Gasteiger partial charge in [0.1, 0.15) is 42.3 Å². The lowest BCUT2D eigenvalue weighted by Gasteiger charge is -2.33. The highest BCUT2D eigenvalue weighted by Crippen LogP contribution is 2.28. The maximum Gasteiger partial charge on any atom is 0.327 e. The smallest absolute Gasteiger partial charge is 0.327 e. The molecule has 3 fully saturated rings. The molecule has 1 unspecified atom stereocenters. The number of primary amides is 4. The second-order valence-electron chi connectivity index (χ2n) is 26.0. The standard InChI is InChI=1S/C67H102N16O15S3/c1-3-4-6-15-58(89)73-50-41-100-39-46-30-45(38-99-29-18-72-59(90)37-81-27-25-79(35-56(70)87)23-21-78(34-55(69)86)22-24-80(26-28-81)36-57(71)88)31-47(32-46)40-101-42-51(67(97)98)76-62(92)49(33-44-11-7-5-8-12-44)75-61(91)48(16-17-54(68)85)74-64(94)60(43(2)84)77-63(93)52-13-9-19-82(52)66(96)53-14-10-20-83(53)65(50)95/h5,7-8,11-12,30-32,43,48-53,60,84H,3-4,6,9-10,13-29,33-42H2,1-2H3,(H2,68,85)(H2,69,86)(H2,70,87)(H2,71,88)(H,72,90)(H,73,89)(H,74,94)(H,75,91)(H,76,92)(H,77,93)(H,97,98)/t43-,48+,49+,50+,51?,52+,53+,60+/m1/s1. The van der Waals surface area contributed by atoms with Crippen LogP contribution in [0.3, 0.4) is 0 Å². The van der Waals surface area contributed by atoms with Crippen LogP contribution in [0.15, 0.2) is 48.5 Å². The van der Waals surface area contributed by atoms with Crippen LogP contribution in [-0.2, 0) is 86.0 Å². The van der Waals surface area contributed by atoms with Crippen molar-refractivity contribution in [1.29, 1.82) is 0 Å². The molecule has 0 saturated carbocycles. The molecule has 558 valence electrons. The van der Waals surface area contributed by atoms with E-state index in [2.05, 4.69) is 31.9 Å². The van der Waals surface area contributed by atoms with E-state index < -0.39 is 120 Å². The fourth-order valence-electron chi connectivity index (χ4n) is 12.5. The summed E-state index contributed by atoms with van der Waals surface area (Å²) in [6.45, 7) is 6.79. The molecule has 2 aromatic carbocycles. The summed E-state index contributed by atoms with van der Waals surface area (Å²) in [5.74, 6) is -7.55. The first-order valence-corrected chi connectivity index (χ1v) is 37.9. The van der Waals surface area contributed by atoms with Gasteiger partial charge in [-0.05, 0) is 67.7 Å². The van der Waals surface area contributed by atoms with Gasteiger partial charge in [-0.3, -0.25) is 77.1 Å². The van der Waals surface area contributed by atoms with Gasteiger partial charge in [-0.25, -0.2) is 4.79 Å². The molecule has 2 aromatic rings. The molecule has 3 saturated heterocycles. The molecule has 16 N–H and O–H groups in total. The van der Waals surface area contributed by atoms with Crippen molar-refractivity contribution in [3.8, 4) is 0 Å². The molecule has 34 heteroatoms. The maximum absolute atomic E-state index is 14.9. The van der Waals surface area contributed by atoms with Crippen molar-refractivity contribution in [2.75, 3.05) is 115 Å². The SMILES string of the molecule is CCCCCC(=O)N[C@H]1CSCc2cc(CSCCNC(=O)CN3CCN(CC(N)=O)CCN(CC(N)=O)CCN(CC(N)=O)CC3)cc(c2)CSCC(C(=O)O)NC(=O)[C@H](Cc2ccccc2)NC(=O)[C@H](CCC(N)=O)NC(=O)[C@H]([C@@H](C)O)NC(=O)[C@@H]2CCCN2C(=O)[C@@H]2CCCN2C1=O. The van der Waals surface area contributed by atoms with Gasteiger partial charge in [0.15, 0.2) is 0 Å². The quantitative estimate of drug-likeness (QED) is 0.0445. The number of hydrogen-bond donors (Lipinski definition) is 12. The Morgan fingerprint density at radius 3 is 1.67 bits per heavy atom. The molecular weight excluding hydrogens is 1370 g/mol. The third kappa shape index (κ3) is 28.6. The summed E-state index contributed by atoms with van der Waals surface area (Å²) in [7, 11) is 0. The number of carboxylic acids is 1. The molecule has 0 spiro atoms. The van der Waals surface area contributed by atoms with Gasteiger partial charge in [0.05, 0.1) is 32.3 Å². The van der Waals surface area contributed by atoms with Gasteiger partial charge in [-0.2, -0.15) is 35.3 Å². The van der Waals surface area contributed by atoms with Gasteiger partial charge in [-0.1, -0.05) is 68.3 Å². The minimum Gasteiger partial charge on any atom is -0.480 e. The van der Waals surface area contributed by atoms with Crippen LogP contribution in [-0.4, -0.2) is 280 Å². The van der Waals surface area contributed by atoms with Crippen molar-refractivity contribution in [1.82, 2.24) is 61.3 Å². The van der Waals surface area contributed by atoms with Gasteiger partial charge >= 0.3 is 5.97 Å². The molecule has 101 heavy (non-hydrogen) atoms. The molecule has 2 bridgehead atoms. The number of carboxylic acid groups (broad SMARTS) is 1. The number of unbranched alkanes of at least 4 members (excludes halogenated alkanes) is 2. The van der Waals surface area contributed by atoms with E-state index in [9.17, 15) is 72.5 Å². The minimum atomic E-state index is -1.71. The number of nitrogens with zero attached hydrogens (tertiary/aromatic N) is 6. The van der Waals surface area contributed by atoms with E-state index in [0.29, 0.717) is 101 Å². The van der Waals surface area contributed by atoms with E-state index in [4.69, 9.17) is 22.9 Å². The van der Waals surface area contributed by atoms with Crippen LogP contribution < -0.4 is 54.8 Å². The Morgan fingerprint density at radius 2 is 1.13 bits per heavy atom. The Kier molecular flexibility index (Phi) is 34.8. The first-order chi connectivity index (χ1) is 48.3. The second kappa shape index (κ2) is 42.7. The van der Waals surface area contributed by atoms with Gasteiger partial charge in [-0.15, -0.1) is 0 Å². The van der Waals surface area contributed by atoms with Crippen LogP contribution in [0.25, 0.3) is 0 Å². The Morgan fingerprint density at radius 1 is 0.594 bits per heavy atom. The summed E-state index contributed by atoms with van der Waals surface area (Å²) in [6, 6.07) is 5.05. The number of carbonyl (C=O) groups is 13. The zero-order valence-corrected chi connectivity index (χ0v) is 60.2. The number of amides is 12. The highest BCUT2D eigenvalue weighted by molar-refractivity contribution is 7.99. The lowest BCUT2D eigenvalue weighted by molar-refractivity contribution is -0.148. The van der Waals surface area contributed by atoms with Crippen molar-refractivity contribution in [2.45, 2.75) is 150 Å². The summed E-state index contributed by atoms with van der Waals surface area (Å²) in [5.41, 5.74) is 25.3. The first-order valence-electron chi connectivity index (χ1n) is 34.5. The monoisotopic (exact) mass is 1470 g/mol. The molecule has 0 radical (unpaired) electrons. The van der Waals surface area contributed by atoms with E-state index in [1.165, 1.54) is 40.2 Å². The average molecular weight is 1470 g/mol. The van der Waals surface area contributed by atoms with Crippen molar-refractivity contribution >= 4 is 112 Å². The molecule has 4 aliphatic rings. The third-order valence-corrected chi connectivity index (χ3v) is 20.9. The Labute approximate surface area is 602 Å². The second-order valence-corrected chi connectivity index (χ2v) is 29.2. The van der Waals surface area contributed by atoms with Crippen LogP contribution >= 0.6 is 35.3 Å². The lowest BCUT2D eigenvalue weighted by atomic mass is 10.0. The van der Waals surface area contributed by atoms with Gasteiger partial charge < -0.3 is 74.8 Å². The van der Waals surface area contributed by atoms with Crippen molar-refractivity contribution in [3.05, 3.63) is 70.8 Å². The normalized spacial score (nSPS) is 23.4. The first kappa shape index (κ1) is 82.4. The zero-order valence-electron chi connectivity index (χ0n) is 57.8. The molecule has 4 heterocycles. The summed E-state index contributed by atoms with van der Waals surface area (Å²) < 4.78 is 0. The number of aliphatic carboxylic acids is 1. The van der Waals surface area contributed by atoms with E-state index in [1.54, 1.807) is 42.1 Å². The molecule has 0 aromatic heterocycles. The number of benzene rings is 2. The van der Waals surface area contributed by atoms with Gasteiger partial charge in [0.25, 0.3) is 0 Å². The predicted octanol–water partition coefficient (Wildman–Crippen LogP) is -2.85. The number of aliphatic hydroxyl groups excluding tert-OH is 1. The van der Waals surface area contributed by atoms with Crippen LogP contribution in [0.2, 0.25) is 0 Å². The minimum absolute atomic E-state index is 0.00362. The van der Waals surface area contributed by atoms with Gasteiger partial charge in [0, 0.05) is 126 Å². The summed E-state index contributed by atoms with van der Waals surface area (Å²) in [4.78, 5) is 186. The molecule has 12 amide bonds. The fraction of sp³-hybridized carbons (Fsp3) is 0.627. The Hall–Kier alpha value is -7.60. The van der Waals surface area contributed by atoms with Crippen LogP contribution in [0, 0.1) is 0 Å². The van der Waals surface area contributed by atoms with Crippen LogP contribution in [0.5, 0.6) is 0 Å². The van der Waals surface area contributed by atoms with E-state index in [1.807, 2.05) is 44.7 Å². The van der Waals surface area contributed by atoms with E-state index >= 15 is 0 Å². The molecule has 8 atom stereocenters. The van der Waals surface area contributed by atoms with E-state index in [0.717, 1.165) is 29.5 Å². The number of nitrogens with one attached hydrogen (secondary N) is 6. The molecule has 0 aliphatic carbocycles. The summed E-state index contributed by atoms with van der Waals surface area (Å²) in [6.07, 6.45) is 1.16. The van der Waals surface area contributed by atoms with Crippen molar-refractivity contribution in [3.63, 3.8) is 0 Å². The third-order valence-electron chi connectivity index (χ3n) is 17.7. The predicted molar refractivity (Wildman–Crippen MR) is 382 cm³/mol. The largest absolute Gasteiger partial charge is 0.480 e. The fourth-order valence-corrected chi connectivity index (χ4v) is 15.2. The molecular formula is C67H102N16O15S3. The van der Waals surface area contributed by atoms with Crippen LogP contribution in [0.4, 0.5) is 0 Å². The number of nitrogens with two attached hydrogens (primary N) is 4. The number of thioether (sulfide) groups is 3. The highest BCUT2D eigenvalue weighted by Gasteiger charge is 2.45. The number of rotatable bonds is 25. The molecule has 4 aliphatic heterocycles. The number of hydrogen-bond acceptors (Lipinski definition) is 21. The van der Waals surface area contributed by atoms with Crippen LogP contribution in [0.1, 0.15) is 100 Å². The summed E-state index contributed by atoms with van der Waals surface area (Å²) in [5, 5.41) is 37.8. The highest BCUT2D eigenvalue weighted by atomic mass is 32.2. The molecule has 31 nitrogen and oxygen atoms in total. The number of carbonyl (C=O) groups excluding carboxylic acids is 12.